The van der Waals surface area contributed by atoms with E-state index >= 15 is 0 Å². The minimum absolute atomic E-state index is 0.531. The van der Waals surface area contributed by atoms with Crippen LogP contribution in [0.5, 0.6) is 0 Å². The maximum absolute atomic E-state index is 3.45. The zero-order chi connectivity index (χ0) is 9.68. The van der Waals surface area contributed by atoms with Gasteiger partial charge in [-0.25, -0.2) is 0 Å². The van der Waals surface area contributed by atoms with Crippen LogP contribution in [0.2, 0.25) is 0 Å². The molecular weight excluding hydrogens is 248 g/mol. The number of thiophene rings is 1. The Morgan fingerprint density at radius 3 is 2.85 bits per heavy atom. The SMILES string of the molecule is CNC(C)CNCc1ccc(Br)s1. The molecule has 0 fully saturated rings. The minimum atomic E-state index is 0.531. The molecule has 1 unspecified atom stereocenters. The average molecular weight is 263 g/mol. The van der Waals surface area contributed by atoms with E-state index in [2.05, 4.69) is 45.6 Å². The summed E-state index contributed by atoms with van der Waals surface area (Å²) >= 11 is 5.23. The van der Waals surface area contributed by atoms with Crippen LogP contribution in [0, 0.1) is 0 Å². The Morgan fingerprint density at radius 2 is 2.31 bits per heavy atom. The van der Waals surface area contributed by atoms with Crippen molar-refractivity contribution in [3.05, 3.63) is 20.8 Å². The molecule has 0 aliphatic carbocycles. The van der Waals surface area contributed by atoms with E-state index in [1.807, 2.05) is 7.05 Å². The highest BCUT2D eigenvalue weighted by molar-refractivity contribution is 9.11. The quantitative estimate of drug-likeness (QED) is 0.851. The number of hydrogen-bond acceptors (Lipinski definition) is 3. The second-order valence-corrected chi connectivity index (χ2v) is 5.57. The summed E-state index contributed by atoms with van der Waals surface area (Å²) in [6.07, 6.45) is 0. The Balaban J connectivity index is 2.20. The minimum Gasteiger partial charge on any atom is -0.316 e. The van der Waals surface area contributed by atoms with Gasteiger partial charge in [0.25, 0.3) is 0 Å². The summed E-state index contributed by atoms with van der Waals surface area (Å²) in [4.78, 5) is 1.37. The molecule has 2 nitrogen and oxygen atoms in total. The second-order valence-electron chi connectivity index (χ2n) is 3.03. The van der Waals surface area contributed by atoms with Crippen molar-refractivity contribution in [2.45, 2.75) is 19.5 Å². The van der Waals surface area contributed by atoms with Crippen LogP contribution >= 0.6 is 27.3 Å². The average Bonchev–Trinajstić information content (AvgIpc) is 2.51. The fourth-order valence-corrected chi connectivity index (χ4v) is 2.41. The Hall–Kier alpha value is 0.1000. The van der Waals surface area contributed by atoms with Crippen LogP contribution in [-0.4, -0.2) is 19.6 Å². The van der Waals surface area contributed by atoms with Gasteiger partial charge in [0, 0.05) is 24.0 Å². The highest BCUT2D eigenvalue weighted by Crippen LogP contribution is 2.21. The molecule has 13 heavy (non-hydrogen) atoms. The Labute approximate surface area is 91.9 Å². The molecule has 2 N–H and O–H groups in total. The summed E-state index contributed by atoms with van der Waals surface area (Å²) in [5.41, 5.74) is 0. The Morgan fingerprint density at radius 1 is 1.54 bits per heavy atom. The molecule has 1 aromatic rings. The first-order valence-corrected chi connectivity index (χ1v) is 5.95. The predicted molar refractivity (Wildman–Crippen MR) is 62.2 cm³/mol. The molecule has 1 heterocycles. The van der Waals surface area contributed by atoms with Crippen molar-refractivity contribution < 1.29 is 0 Å². The summed E-state index contributed by atoms with van der Waals surface area (Å²) in [6, 6.07) is 4.76. The van der Waals surface area contributed by atoms with Crippen LogP contribution in [-0.2, 0) is 6.54 Å². The molecule has 0 radical (unpaired) electrons. The van der Waals surface area contributed by atoms with E-state index in [1.165, 1.54) is 8.66 Å². The highest BCUT2D eigenvalue weighted by atomic mass is 79.9. The van der Waals surface area contributed by atoms with Gasteiger partial charge in [0.05, 0.1) is 3.79 Å². The maximum atomic E-state index is 3.45. The molecule has 0 aliphatic heterocycles. The predicted octanol–water partition coefficient (Wildman–Crippen LogP) is 2.21. The van der Waals surface area contributed by atoms with Crippen LogP contribution in [0.3, 0.4) is 0 Å². The van der Waals surface area contributed by atoms with Crippen molar-refractivity contribution in [1.29, 1.82) is 0 Å². The van der Waals surface area contributed by atoms with Gasteiger partial charge in [-0.15, -0.1) is 11.3 Å². The molecule has 0 bridgehead atoms. The molecule has 1 aromatic heterocycles. The van der Waals surface area contributed by atoms with Gasteiger partial charge in [-0.2, -0.15) is 0 Å². The van der Waals surface area contributed by atoms with Crippen LogP contribution in [0.15, 0.2) is 15.9 Å². The zero-order valence-corrected chi connectivity index (χ0v) is 10.3. The number of hydrogen-bond donors (Lipinski definition) is 2. The van der Waals surface area contributed by atoms with E-state index in [4.69, 9.17) is 0 Å². The third-order valence-electron chi connectivity index (χ3n) is 1.87. The van der Waals surface area contributed by atoms with Gasteiger partial charge in [-0.1, -0.05) is 0 Å². The van der Waals surface area contributed by atoms with Crippen LogP contribution in [0.1, 0.15) is 11.8 Å². The van der Waals surface area contributed by atoms with Gasteiger partial charge in [0.1, 0.15) is 0 Å². The topological polar surface area (TPSA) is 24.1 Å². The van der Waals surface area contributed by atoms with Crippen LogP contribution < -0.4 is 10.6 Å². The van der Waals surface area contributed by atoms with Gasteiger partial charge >= 0.3 is 0 Å². The lowest BCUT2D eigenvalue weighted by molar-refractivity contribution is 0.543. The normalized spacial score (nSPS) is 13.2. The fourth-order valence-electron chi connectivity index (χ4n) is 0.961. The molecule has 1 atom stereocenters. The lowest BCUT2D eigenvalue weighted by atomic mass is 10.3. The van der Waals surface area contributed by atoms with Gasteiger partial charge in [0.2, 0.25) is 0 Å². The largest absolute Gasteiger partial charge is 0.316 e. The fraction of sp³-hybridized carbons (Fsp3) is 0.556. The third-order valence-corrected chi connectivity index (χ3v) is 3.50. The van der Waals surface area contributed by atoms with Crippen molar-refractivity contribution in [3.8, 4) is 0 Å². The van der Waals surface area contributed by atoms with Crippen molar-refractivity contribution in [2.24, 2.45) is 0 Å². The summed E-state index contributed by atoms with van der Waals surface area (Å²) in [7, 11) is 1.98. The lowest BCUT2D eigenvalue weighted by Crippen LogP contribution is -2.33. The number of halogens is 1. The monoisotopic (exact) mass is 262 g/mol. The summed E-state index contributed by atoms with van der Waals surface area (Å²) in [5, 5.41) is 6.58. The standard InChI is InChI=1S/C9H15BrN2S/c1-7(11-2)5-12-6-8-3-4-9(10)13-8/h3-4,7,11-12H,5-6H2,1-2H3. The summed E-state index contributed by atoms with van der Waals surface area (Å²) in [5.74, 6) is 0. The van der Waals surface area contributed by atoms with Crippen molar-refractivity contribution in [1.82, 2.24) is 10.6 Å². The maximum Gasteiger partial charge on any atom is 0.0701 e. The van der Waals surface area contributed by atoms with Crippen molar-refractivity contribution >= 4 is 27.3 Å². The molecule has 0 saturated heterocycles. The Bertz CT molecular complexity index is 250. The molecule has 0 aliphatic rings. The van der Waals surface area contributed by atoms with E-state index in [1.54, 1.807) is 11.3 Å². The second kappa shape index (κ2) is 5.75. The van der Waals surface area contributed by atoms with Crippen molar-refractivity contribution in [3.63, 3.8) is 0 Å². The van der Waals surface area contributed by atoms with Gasteiger partial charge in [-0.05, 0) is 42.0 Å². The summed E-state index contributed by atoms with van der Waals surface area (Å²) < 4.78 is 1.20. The molecule has 74 valence electrons. The molecule has 1 rings (SSSR count). The first kappa shape index (κ1) is 11.2. The van der Waals surface area contributed by atoms with E-state index < -0.39 is 0 Å². The highest BCUT2D eigenvalue weighted by Gasteiger charge is 1.99. The van der Waals surface area contributed by atoms with Crippen LogP contribution in [0.25, 0.3) is 0 Å². The molecular formula is C9H15BrN2S. The van der Waals surface area contributed by atoms with E-state index in [9.17, 15) is 0 Å². The lowest BCUT2D eigenvalue weighted by Gasteiger charge is -2.10. The molecule has 0 saturated carbocycles. The first-order chi connectivity index (χ1) is 6.22. The van der Waals surface area contributed by atoms with E-state index in [0.717, 1.165) is 13.1 Å². The van der Waals surface area contributed by atoms with Gasteiger partial charge < -0.3 is 10.6 Å². The van der Waals surface area contributed by atoms with E-state index in [-0.39, 0.29) is 0 Å². The number of nitrogens with one attached hydrogen (secondary N) is 2. The van der Waals surface area contributed by atoms with E-state index in [0.29, 0.717) is 6.04 Å². The summed E-state index contributed by atoms with van der Waals surface area (Å²) in [6.45, 7) is 4.13. The molecule has 4 heteroatoms. The molecule has 0 spiro atoms. The third kappa shape index (κ3) is 4.22. The zero-order valence-electron chi connectivity index (χ0n) is 7.93. The Kier molecular flexibility index (Phi) is 4.94. The molecule has 0 amide bonds. The smallest absolute Gasteiger partial charge is 0.0701 e. The first-order valence-electron chi connectivity index (χ1n) is 4.34. The van der Waals surface area contributed by atoms with Gasteiger partial charge in [0.15, 0.2) is 0 Å². The van der Waals surface area contributed by atoms with Gasteiger partial charge in [-0.3, -0.25) is 0 Å². The number of likely N-dealkylation sites (N-methyl/N-ethyl adjacent to an activating group) is 1. The molecule has 0 aromatic carbocycles. The van der Waals surface area contributed by atoms with Crippen LogP contribution in [0.4, 0.5) is 0 Å². The number of rotatable bonds is 5. The van der Waals surface area contributed by atoms with Crippen molar-refractivity contribution in [2.75, 3.05) is 13.6 Å².